The second-order valence-corrected chi connectivity index (χ2v) is 5.98. The van der Waals surface area contributed by atoms with Crippen LogP contribution in [-0.2, 0) is 0 Å². The van der Waals surface area contributed by atoms with Crippen LogP contribution in [0, 0.1) is 0 Å². The fourth-order valence-electron chi connectivity index (χ4n) is 3.47. The Morgan fingerprint density at radius 1 is 1.05 bits per heavy atom. The van der Waals surface area contributed by atoms with Crippen molar-refractivity contribution in [3.05, 3.63) is 29.3 Å². The third-order valence-electron chi connectivity index (χ3n) is 4.70. The summed E-state index contributed by atoms with van der Waals surface area (Å²) < 4.78 is 10.9. The van der Waals surface area contributed by atoms with E-state index in [9.17, 15) is 0 Å². The van der Waals surface area contributed by atoms with Crippen LogP contribution in [0.1, 0.15) is 37.7 Å². The van der Waals surface area contributed by atoms with Crippen molar-refractivity contribution in [3.63, 3.8) is 0 Å². The van der Waals surface area contributed by atoms with E-state index in [1.54, 1.807) is 5.57 Å². The summed E-state index contributed by atoms with van der Waals surface area (Å²) in [4.78, 5) is 2.64. The number of rotatable bonds is 2. The molecule has 1 atom stereocenters. The summed E-state index contributed by atoms with van der Waals surface area (Å²) in [7, 11) is 0. The van der Waals surface area contributed by atoms with Crippen molar-refractivity contribution in [1.82, 2.24) is 4.90 Å². The first kappa shape index (κ1) is 12.3. The lowest BCUT2D eigenvalue weighted by Gasteiger charge is -2.42. The van der Waals surface area contributed by atoms with Crippen molar-refractivity contribution in [2.45, 2.75) is 38.1 Å². The first-order valence-corrected chi connectivity index (χ1v) is 7.74. The van der Waals surface area contributed by atoms with Crippen LogP contribution in [0.4, 0.5) is 0 Å². The molecule has 1 aromatic rings. The van der Waals surface area contributed by atoms with E-state index in [2.05, 4.69) is 23.1 Å². The summed E-state index contributed by atoms with van der Waals surface area (Å²) in [5, 5.41) is 0. The van der Waals surface area contributed by atoms with Gasteiger partial charge in [0.1, 0.15) is 0 Å². The Labute approximate surface area is 120 Å². The molecule has 3 heteroatoms. The summed E-state index contributed by atoms with van der Waals surface area (Å²) in [5.41, 5.74) is 2.85. The van der Waals surface area contributed by atoms with E-state index < -0.39 is 0 Å². The predicted octanol–water partition coefficient (Wildman–Crippen LogP) is 3.45. The van der Waals surface area contributed by atoms with Crippen molar-refractivity contribution < 1.29 is 9.47 Å². The molecule has 0 radical (unpaired) electrons. The van der Waals surface area contributed by atoms with Gasteiger partial charge in [0.05, 0.1) is 0 Å². The second-order valence-electron chi connectivity index (χ2n) is 5.98. The van der Waals surface area contributed by atoms with Gasteiger partial charge in [0, 0.05) is 6.04 Å². The highest BCUT2D eigenvalue weighted by atomic mass is 16.7. The van der Waals surface area contributed by atoms with E-state index in [-0.39, 0.29) is 0 Å². The summed E-state index contributed by atoms with van der Waals surface area (Å²) in [5.74, 6) is 1.76. The van der Waals surface area contributed by atoms with Gasteiger partial charge in [-0.1, -0.05) is 24.1 Å². The van der Waals surface area contributed by atoms with E-state index >= 15 is 0 Å². The first-order valence-electron chi connectivity index (χ1n) is 7.74. The van der Waals surface area contributed by atoms with Crippen molar-refractivity contribution >= 4 is 6.08 Å². The zero-order valence-corrected chi connectivity index (χ0v) is 11.8. The monoisotopic (exact) mass is 271 g/mol. The van der Waals surface area contributed by atoms with Crippen molar-refractivity contribution in [2.24, 2.45) is 0 Å². The third-order valence-corrected chi connectivity index (χ3v) is 4.70. The molecular weight excluding hydrogens is 250 g/mol. The Kier molecular flexibility index (Phi) is 3.15. The van der Waals surface area contributed by atoms with Crippen molar-refractivity contribution in [3.8, 4) is 11.5 Å². The molecule has 0 N–H and O–H groups in total. The number of hydrogen-bond donors (Lipinski definition) is 0. The molecule has 1 saturated carbocycles. The van der Waals surface area contributed by atoms with Gasteiger partial charge in [-0.2, -0.15) is 0 Å². The highest BCUT2D eigenvalue weighted by molar-refractivity contribution is 5.59. The molecule has 1 aliphatic carbocycles. The number of fused-ring (bicyclic) bond motifs is 1. The van der Waals surface area contributed by atoms with Crippen LogP contribution >= 0.6 is 0 Å². The van der Waals surface area contributed by atoms with E-state index in [4.69, 9.17) is 9.47 Å². The van der Waals surface area contributed by atoms with Crippen LogP contribution in [0.2, 0.25) is 0 Å². The molecule has 2 fully saturated rings. The Hall–Kier alpha value is -1.48. The number of ether oxygens (including phenoxy) is 2. The average molecular weight is 271 g/mol. The van der Waals surface area contributed by atoms with Gasteiger partial charge in [-0.05, 0) is 56.5 Å². The minimum Gasteiger partial charge on any atom is -0.454 e. The Balaban J connectivity index is 1.60. The van der Waals surface area contributed by atoms with Crippen LogP contribution in [0.25, 0.3) is 6.08 Å². The summed E-state index contributed by atoms with van der Waals surface area (Å²) in [6.45, 7) is 2.91. The van der Waals surface area contributed by atoms with Gasteiger partial charge in [0.25, 0.3) is 0 Å². The average Bonchev–Trinajstić information content (AvgIpc) is 2.86. The molecule has 3 nitrogen and oxygen atoms in total. The fourth-order valence-corrected chi connectivity index (χ4v) is 3.47. The van der Waals surface area contributed by atoms with Crippen LogP contribution in [-0.4, -0.2) is 30.8 Å². The van der Waals surface area contributed by atoms with Crippen LogP contribution in [0.3, 0.4) is 0 Å². The van der Waals surface area contributed by atoms with Crippen molar-refractivity contribution in [1.29, 1.82) is 0 Å². The Morgan fingerprint density at radius 3 is 2.80 bits per heavy atom. The van der Waals surface area contributed by atoms with Crippen LogP contribution in [0.5, 0.6) is 11.5 Å². The predicted molar refractivity (Wildman–Crippen MR) is 79.0 cm³/mol. The normalized spacial score (nSPS) is 27.6. The van der Waals surface area contributed by atoms with Gasteiger partial charge in [0.2, 0.25) is 6.79 Å². The largest absolute Gasteiger partial charge is 0.454 e. The Morgan fingerprint density at radius 2 is 1.95 bits per heavy atom. The summed E-state index contributed by atoms with van der Waals surface area (Å²) >= 11 is 0. The second kappa shape index (κ2) is 5.13. The molecule has 1 unspecified atom stereocenters. The molecule has 106 valence electrons. The van der Waals surface area contributed by atoms with E-state index in [0.717, 1.165) is 11.5 Å². The van der Waals surface area contributed by atoms with Crippen LogP contribution in [0.15, 0.2) is 23.8 Å². The third kappa shape index (κ3) is 2.20. The molecule has 1 aromatic carbocycles. The van der Waals surface area contributed by atoms with E-state index in [0.29, 0.717) is 12.8 Å². The zero-order valence-electron chi connectivity index (χ0n) is 11.8. The lowest BCUT2D eigenvalue weighted by molar-refractivity contribution is 0.121. The summed E-state index contributed by atoms with van der Waals surface area (Å²) in [6, 6.07) is 6.96. The molecule has 1 saturated heterocycles. The molecule has 0 spiro atoms. The molecule has 0 aromatic heterocycles. The standard InChI is InChI=1S/C17H21NO2/c1-2-5-15(18-8-3-9-18)14(4-1)10-13-6-7-16-17(11-13)20-12-19-16/h6-7,10-11,15H,1-5,8-9,12H2. The first-order chi connectivity index (χ1) is 9.90. The van der Waals surface area contributed by atoms with Gasteiger partial charge in [-0.25, -0.2) is 0 Å². The van der Waals surface area contributed by atoms with E-state index in [1.165, 1.54) is 50.8 Å². The summed E-state index contributed by atoms with van der Waals surface area (Å²) in [6.07, 6.45) is 9.03. The lowest BCUT2D eigenvalue weighted by atomic mass is 9.86. The molecule has 0 amide bonds. The number of nitrogens with zero attached hydrogens (tertiary/aromatic N) is 1. The number of benzene rings is 1. The van der Waals surface area contributed by atoms with Gasteiger partial charge in [-0.15, -0.1) is 0 Å². The topological polar surface area (TPSA) is 21.7 Å². The van der Waals surface area contributed by atoms with Crippen molar-refractivity contribution in [2.75, 3.05) is 19.9 Å². The molecule has 4 rings (SSSR count). The van der Waals surface area contributed by atoms with Gasteiger partial charge >= 0.3 is 0 Å². The molecular formula is C17H21NO2. The van der Waals surface area contributed by atoms with Gasteiger partial charge in [0.15, 0.2) is 11.5 Å². The maximum Gasteiger partial charge on any atom is 0.231 e. The van der Waals surface area contributed by atoms with Gasteiger partial charge < -0.3 is 9.47 Å². The molecule has 20 heavy (non-hydrogen) atoms. The minimum absolute atomic E-state index is 0.353. The maximum atomic E-state index is 5.47. The highest BCUT2D eigenvalue weighted by Crippen LogP contribution is 2.35. The zero-order chi connectivity index (χ0) is 13.4. The molecule has 2 aliphatic heterocycles. The maximum absolute atomic E-state index is 5.47. The smallest absolute Gasteiger partial charge is 0.231 e. The number of hydrogen-bond acceptors (Lipinski definition) is 3. The minimum atomic E-state index is 0.353. The quantitative estimate of drug-likeness (QED) is 0.822. The fraction of sp³-hybridized carbons (Fsp3) is 0.529. The molecule has 0 bridgehead atoms. The lowest BCUT2D eigenvalue weighted by Crippen LogP contribution is -2.46. The SMILES string of the molecule is C(=C1CCCCC1N1CCC1)c1ccc2c(c1)OCO2. The van der Waals surface area contributed by atoms with Gasteiger partial charge in [-0.3, -0.25) is 4.90 Å². The van der Waals surface area contributed by atoms with E-state index in [1.807, 2.05) is 6.07 Å². The molecule has 3 aliphatic rings. The Bertz CT molecular complexity index is 534. The molecule has 2 heterocycles. The highest BCUT2D eigenvalue weighted by Gasteiger charge is 2.28. The van der Waals surface area contributed by atoms with Crippen LogP contribution < -0.4 is 9.47 Å². The number of likely N-dealkylation sites (tertiary alicyclic amines) is 1.